The quantitative estimate of drug-likeness (QED) is 0.636. The highest BCUT2D eigenvalue weighted by Gasteiger charge is 2.27. The smallest absolute Gasteiger partial charge is 0.141 e. The second-order valence-electron chi connectivity index (χ2n) is 6.42. The number of nitrogens with zero attached hydrogens (tertiary/aromatic N) is 2. The minimum absolute atomic E-state index is 0.193. The summed E-state index contributed by atoms with van der Waals surface area (Å²) in [6.45, 7) is 1.84. The lowest BCUT2D eigenvalue weighted by atomic mass is 9.83. The number of hydrogen-bond donors (Lipinski definition) is 0. The van der Waals surface area contributed by atoms with Crippen LogP contribution >= 0.6 is 11.6 Å². The molecule has 2 nitrogen and oxygen atoms in total. The molecule has 4 heteroatoms. The fourth-order valence-corrected chi connectivity index (χ4v) is 3.88. The molecule has 23 heavy (non-hydrogen) atoms. The Morgan fingerprint density at radius 2 is 1.96 bits per heavy atom. The van der Waals surface area contributed by atoms with Crippen molar-refractivity contribution in [3.05, 3.63) is 70.1 Å². The first kappa shape index (κ1) is 14.7. The van der Waals surface area contributed by atoms with E-state index in [2.05, 4.69) is 48.0 Å². The van der Waals surface area contributed by atoms with E-state index in [9.17, 15) is 4.39 Å². The fraction of sp³-hybridized carbons (Fsp3) is 0.263. The Kier molecular flexibility index (Phi) is 3.43. The first-order valence-corrected chi connectivity index (χ1v) is 8.12. The number of aryl methyl sites for hydroxylation is 1. The van der Waals surface area contributed by atoms with Crippen molar-refractivity contribution in [2.75, 3.05) is 13.6 Å². The summed E-state index contributed by atoms with van der Waals surface area (Å²) in [7, 11) is 4.20. The van der Waals surface area contributed by atoms with Crippen molar-refractivity contribution < 1.29 is 4.39 Å². The molecule has 3 aromatic rings. The number of aromatic nitrogens is 1. The lowest BCUT2D eigenvalue weighted by Crippen LogP contribution is -2.31. The van der Waals surface area contributed by atoms with Gasteiger partial charge in [0, 0.05) is 43.2 Å². The van der Waals surface area contributed by atoms with E-state index in [1.54, 1.807) is 6.07 Å². The summed E-state index contributed by atoms with van der Waals surface area (Å²) in [5, 5.41) is 1.49. The van der Waals surface area contributed by atoms with Crippen LogP contribution in [0.2, 0.25) is 5.02 Å². The van der Waals surface area contributed by atoms with E-state index in [1.807, 2.05) is 6.07 Å². The summed E-state index contributed by atoms with van der Waals surface area (Å²) < 4.78 is 15.7. The highest BCUT2D eigenvalue weighted by atomic mass is 35.5. The van der Waals surface area contributed by atoms with Gasteiger partial charge in [-0.1, -0.05) is 23.7 Å². The Morgan fingerprint density at radius 1 is 1.13 bits per heavy atom. The molecule has 4 rings (SSSR count). The van der Waals surface area contributed by atoms with E-state index < -0.39 is 0 Å². The van der Waals surface area contributed by atoms with Crippen LogP contribution in [0.3, 0.4) is 0 Å². The number of hydrogen-bond acceptors (Lipinski definition) is 1. The lowest BCUT2D eigenvalue weighted by Gasteiger charge is -2.33. The molecule has 1 atom stereocenters. The molecule has 2 heterocycles. The van der Waals surface area contributed by atoms with Crippen LogP contribution in [0.1, 0.15) is 22.6 Å². The van der Waals surface area contributed by atoms with Crippen LogP contribution in [-0.2, 0) is 13.6 Å². The van der Waals surface area contributed by atoms with Crippen LogP contribution in [0.25, 0.3) is 10.9 Å². The van der Waals surface area contributed by atoms with Crippen LogP contribution in [-0.4, -0.2) is 23.1 Å². The Bertz CT molecular complexity index is 900. The largest absolute Gasteiger partial charge is 0.351 e. The second kappa shape index (κ2) is 5.36. The molecule has 0 fully saturated rings. The lowest BCUT2D eigenvalue weighted by molar-refractivity contribution is 0.296. The third-order valence-electron chi connectivity index (χ3n) is 4.86. The normalized spacial score (nSPS) is 18.3. The predicted molar refractivity (Wildman–Crippen MR) is 92.5 cm³/mol. The van der Waals surface area contributed by atoms with E-state index in [-0.39, 0.29) is 16.8 Å². The van der Waals surface area contributed by atoms with Gasteiger partial charge in [0.05, 0.1) is 5.02 Å². The molecule has 0 amide bonds. The highest BCUT2D eigenvalue weighted by Crippen LogP contribution is 2.37. The van der Waals surface area contributed by atoms with Gasteiger partial charge in [0.25, 0.3) is 0 Å². The molecule has 0 saturated carbocycles. The van der Waals surface area contributed by atoms with Crippen molar-refractivity contribution in [3.8, 4) is 0 Å². The molecule has 0 N–H and O–H groups in total. The molecule has 118 valence electrons. The van der Waals surface area contributed by atoms with Gasteiger partial charge >= 0.3 is 0 Å². The van der Waals surface area contributed by atoms with Gasteiger partial charge in [-0.15, -0.1) is 0 Å². The molecule has 1 aliphatic rings. The summed E-state index contributed by atoms with van der Waals surface area (Å²) in [5.41, 5.74) is 5.00. The van der Waals surface area contributed by atoms with Crippen LogP contribution in [0.4, 0.5) is 4.39 Å². The molecule has 0 saturated heterocycles. The number of fused-ring (bicyclic) bond motifs is 3. The Hall–Kier alpha value is -1.84. The molecule has 1 aromatic heterocycles. The number of benzene rings is 2. The number of likely N-dealkylation sites (N-methyl/N-ethyl adjacent to an activating group) is 1. The van der Waals surface area contributed by atoms with E-state index in [1.165, 1.54) is 28.1 Å². The maximum absolute atomic E-state index is 13.5. The average Bonchev–Trinajstić information content (AvgIpc) is 2.91. The Labute approximate surface area is 140 Å². The zero-order valence-corrected chi connectivity index (χ0v) is 13.9. The van der Waals surface area contributed by atoms with Gasteiger partial charge in [-0.2, -0.15) is 0 Å². The molecule has 0 aliphatic carbocycles. The first-order chi connectivity index (χ1) is 11.0. The van der Waals surface area contributed by atoms with Gasteiger partial charge in [0.15, 0.2) is 0 Å². The third-order valence-corrected chi connectivity index (χ3v) is 5.15. The summed E-state index contributed by atoms with van der Waals surface area (Å²) in [5.74, 6) is -0.148. The predicted octanol–water partition coefficient (Wildman–Crippen LogP) is 4.55. The van der Waals surface area contributed by atoms with Gasteiger partial charge in [0.2, 0.25) is 0 Å². The fourth-order valence-electron chi connectivity index (χ4n) is 3.69. The van der Waals surface area contributed by atoms with Crippen LogP contribution < -0.4 is 0 Å². The highest BCUT2D eigenvalue weighted by molar-refractivity contribution is 6.30. The van der Waals surface area contributed by atoms with E-state index in [0.717, 1.165) is 18.7 Å². The van der Waals surface area contributed by atoms with Crippen molar-refractivity contribution >= 4 is 22.5 Å². The summed E-state index contributed by atoms with van der Waals surface area (Å²) >= 11 is 6.00. The molecule has 0 bridgehead atoms. The van der Waals surface area contributed by atoms with Crippen LogP contribution in [0.5, 0.6) is 0 Å². The van der Waals surface area contributed by atoms with Crippen molar-refractivity contribution in [1.82, 2.24) is 9.47 Å². The topological polar surface area (TPSA) is 8.17 Å². The summed E-state index contributed by atoms with van der Waals surface area (Å²) in [6, 6.07) is 11.7. The van der Waals surface area contributed by atoms with Crippen molar-refractivity contribution in [2.24, 2.45) is 7.05 Å². The zero-order chi connectivity index (χ0) is 16.1. The molecule has 0 radical (unpaired) electrons. The van der Waals surface area contributed by atoms with Crippen molar-refractivity contribution in [2.45, 2.75) is 12.5 Å². The standard InChI is InChI=1S/C19H18ClFN2/c1-22-10-15(12-3-5-18(21)17(20)9-12)13-4-6-19-14(16(13)11-22)7-8-23(19)2/h3-9,15H,10-11H2,1-2H3. The molecular weight excluding hydrogens is 311 g/mol. The maximum Gasteiger partial charge on any atom is 0.141 e. The van der Waals surface area contributed by atoms with Gasteiger partial charge in [-0.05, 0) is 48.0 Å². The van der Waals surface area contributed by atoms with Gasteiger partial charge in [-0.25, -0.2) is 4.39 Å². The first-order valence-electron chi connectivity index (χ1n) is 7.75. The van der Waals surface area contributed by atoms with E-state index in [4.69, 9.17) is 11.6 Å². The van der Waals surface area contributed by atoms with Crippen molar-refractivity contribution in [3.63, 3.8) is 0 Å². The SMILES string of the molecule is CN1Cc2c(ccc3c2ccn3C)C(c2ccc(F)c(Cl)c2)C1. The second-order valence-corrected chi connectivity index (χ2v) is 6.82. The number of halogens is 2. The minimum Gasteiger partial charge on any atom is -0.351 e. The summed E-state index contributed by atoms with van der Waals surface area (Å²) in [6.07, 6.45) is 2.10. The van der Waals surface area contributed by atoms with Gasteiger partial charge in [0.1, 0.15) is 5.82 Å². The van der Waals surface area contributed by atoms with Gasteiger partial charge < -0.3 is 9.47 Å². The van der Waals surface area contributed by atoms with Gasteiger partial charge in [-0.3, -0.25) is 0 Å². The molecular formula is C19H18ClFN2. The average molecular weight is 329 g/mol. The maximum atomic E-state index is 13.5. The van der Waals surface area contributed by atoms with E-state index in [0.29, 0.717) is 0 Å². The number of rotatable bonds is 1. The van der Waals surface area contributed by atoms with Crippen LogP contribution in [0.15, 0.2) is 42.6 Å². The van der Waals surface area contributed by atoms with E-state index >= 15 is 0 Å². The molecule has 0 spiro atoms. The molecule has 1 aliphatic heterocycles. The minimum atomic E-state index is -0.363. The van der Waals surface area contributed by atoms with Crippen molar-refractivity contribution in [1.29, 1.82) is 0 Å². The third kappa shape index (κ3) is 2.35. The Balaban J connectivity index is 1.90. The Morgan fingerprint density at radius 3 is 2.74 bits per heavy atom. The molecule has 2 aromatic carbocycles. The zero-order valence-electron chi connectivity index (χ0n) is 13.2. The monoisotopic (exact) mass is 328 g/mol. The summed E-state index contributed by atoms with van der Waals surface area (Å²) in [4.78, 5) is 2.32. The molecule has 1 unspecified atom stereocenters. The van der Waals surface area contributed by atoms with Crippen LogP contribution in [0, 0.1) is 5.82 Å².